The van der Waals surface area contributed by atoms with Gasteiger partial charge in [-0.2, -0.15) is 0 Å². The van der Waals surface area contributed by atoms with Crippen LogP contribution in [0.15, 0.2) is 30.3 Å². The molecule has 0 spiro atoms. The predicted octanol–water partition coefficient (Wildman–Crippen LogP) is 7.50. The highest BCUT2D eigenvalue weighted by molar-refractivity contribution is 6.36. The Bertz CT molecular complexity index is 1790. The van der Waals surface area contributed by atoms with E-state index in [-0.39, 0.29) is 18.0 Å². The summed E-state index contributed by atoms with van der Waals surface area (Å²) in [7, 11) is 1.70. The van der Waals surface area contributed by atoms with Crippen molar-refractivity contribution in [2.45, 2.75) is 65.7 Å². The number of aliphatic carboxylic acids is 1. The Kier molecular flexibility index (Phi) is 8.68. The third kappa shape index (κ3) is 5.88. The summed E-state index contributed by atoms with van der Waals surface area (Å²) < 4.78 is 29.0. The lowest BCUT2D eigenvalue weighted by Gasteiger charge is -2.29. The van der Waals surface area contributed by atoms with Crippen molar-refractivity contribution in [2.24, 2.45) is 7.05 Å². The molecule has 1 atom stereocenters. The topological polar surface area (TPSA) is 103 Å². The number of hydrogen-bond donors (Lipinski definition) is 2. The molecule has 0 saturated carbocycles. The fraction of sp³-hybridized carbons (Fsp3) is 0.364. The van der Waals surface area contributed by atoms with Gasteiger partial charge in [-0.15, -0.1) is 0 Å². The quantitative estimate of drug-likeness (QED) is 0.217. The van der Waals surface area contributed by atoms with Crippen molar-refractivity contribution in [2.75, 3.05) is 6.61 Å². The highest BCUT2D eigenvalue weighted by Gasteiger charge is 2.35. The molecule has 0 aliphatic carbocycles. The average Bonchev–Trinajstić information content (AvgIpc) is 3.28. The second kappa shape index (κ2) is 12.0. The van der Waals surface area contributed by atoms with Crippen molar-refractivity contribution in [1.29, 1.82) is 0 Å². The van der Waals surface area contributed by atoms with Gasteiger partial charge in [0.25, 0.3) is 5.91 Å². The van der Waals surface area contributed by atoms with Gasteiger partial charge in [0.1, 0.15) is 11.3 Å². The average molecular weight is 643 g/mol. The van der Waals surface area contributed by atoms with Crippen LogP contribution in [0.2, 0.25) is 10.0 Å². The number of halogens is 3. The van der Waals surface area contributed by atoms with E-state index in [1.807, 2.05) is 6.92 Å². The lowest BCUT2D eigenvalue weighted by molar-refractivity contribution is -0.160. The Labute approximate surface area is 265 Å². The molecule has 0 unspecified atom stereocenters. The van der Waals surface area contributed by atoms with Crippen LogP contribution in [-0.4, -0.2) is 38.7 Å². The molecule has 0 bridgehead atoms. The fourth-order valence-corrected chi connectivity index (χ4v) is 6.28. The van der Waals surface area contributed by atoms with Crippen molar-refractivity contribution in [1.82, 2.24) is 14.9 Å². The molecule has 4 aromatic rings. The van der Waals surface area contributed by atoms with Gasteiger partial charge in [-0.25, -0.2) is 14.2 Å². The molecule has 8 nitrogen and oxygen atoms in total. The molecule has 2 aromatic heterocycles. The van der Waals surface area contributed by atoms with Gasteiger partial charge in [-0.3, -0.25) is 4.79 Å². The van der Waals surface area contributed by atoms with E-state index in [4.69, 9.17) is 37.7 Å². The summed E-state index contributed by atoms with van der Waals surface area (Å²) >= 11 is 12.6. The summed E-state index contributed by atoms with van der Waals surface area (Å²) in [6.07, 6.45) is -0.0799. The van der Waals surface area contributed by atoms with Gasteiger partial charge in [0.2, 0.25) is 0 Å². The first-order valence-corrected chi connectivity index (χ1v) is 15.0. The highest BCUT2D eigenvalue weighted by atomic mass is 35.5. The molecule has 2 aromatic carbocycles. The van der Waals surface area contributed by atoms with E-state index in [0.29, 0.717) is 62.1 Å². The van der Waals surface area contributed by atoms with Crippen molar-refractivity contribution >= 4 is 46.1 Å². The number of aryl methyl sites for hydroxylation is 2. The molecule has 2 N–H and O–H groups in total. The minimum Gasteiger partial charge on any atom is -0.490 e. The third-order valence-electron chi connectivity index (χ3n) is 7.79. The van der Waals surface area contributed by atoms with E-state index in [9.17, 15) is 14.7 Å². The lowest BCUT2D eigenvalue weighted by Crippen LogP contribution is -2.28. The molecule has 44 heavy (non-hydrogen) atoms. The number of amides is 1. The number of benzene rings is 2. The Morgan fingerprint density at radius 3 is 2.52 bits per heavy atom. The van der Waals surface area contributed by atoms with Gasteiger partial charge in [-0.05, 0) is 82.9 Å². The predicted molar refractivity (Wildman–Crippen MR) is 168 cm³/mol. The molecule has 0 radical (unpaired) electrons. The molecule has 0 saturated heterocycles. The maximum absolute atomic E-state index is 15.6. The first-order valence-electron chi connectivity index (χ1n) is 14.3. The number of hydrogen-bond acceptors (Lipinski definition) is 5. The van der Waals surface area contributed by atoms with Crippen LogP contribution in [-0.2, 0) is 29.5 Å². The second-order valence-corrected chi connectivity index (χ2v) is 12.7. The van der Waals surface area contributed by atoms with E-state index in [1.54, 1.807) is 63.6 Å². The van der Waals surface area contributed by atoms with E-state index in [2.05, 4.69) is 5.32 Å². The van der Waals surface area contributed by atoms with Crippen LogP contribution in [0.4, 0.5) is 4.39 Å². The van der Waals surface area contributed by atoms with E-state index in [1.165, 1.54) is 6.07 Å². The fourth-order valence-electron chi connectivity index (χ4n) is 5.75. The van der Waals surface area contributed by atoms with Crippen LogP contribution >= 0.6 is 23.2 Å². The van der Waals surface area contributed by atoms with Gasteiger partial charge in [0.05, 0.1) is 12.2 Å². The van der Waals surface area contributed by atoms with Gasteiger partial charge < -0.3 is 24.5 Å². The standard InChI is InChI=1S/C33H34Cl2FN3O5/c1-16-18-9-8-12-43-28(18)24(36)13-19(16)27-20-14-25(31(40)37-15-21-22(34)10-7-11-23(21)35)39(6)30(20)38-17(2)26(27)29(32(41)42)44-33(3,4)5/h7,10-11,13-14,29H,8-9,12,15H2,1-6H3,(H,37,40)(H,41,42)/t29-/m0/s1. The van der Waals surface area contributed by atoms with Crippen LogP contribution in [0.25, 0.3) is 22.2 Å². The highest BCUT2D eigenvalue weighted by Crippen LogP contribution is 2.44. The summed E-state index contributed by atoms with van der Waals surface area (Å²) in [6.45, 7) is 9.37. The summed E-state index contributed by atoms with van der Waals surface area (Å²) in [4.78, 5) is 31.1. The number of carboxylic acid groups (broad SMARTS) is 1. The van der Waals surface area contributed by atoms with Crippen molar-refractivity contribution in [3.8, 4) is 16.9 Å². The number of nitrogens with zero attached hydrogens (tertiary/aromatic N) is 2. The molecule has 3 heterocycles. The number of rotatable bonds is 7. The maximum Gasteiger partial charge on any atom is 0.337 e. The second-order valence-electron chi connectivity index (χ2n) is 11.9. The van der Waals surface area contributed by atoms with Crippen molar-refractivity contribution < 1.29 is 28.6 Å². The Balaban J connectivity index is 1.75. The number of nitrogens with one attached hydrogen (secondary N) is 1. The molecule has 5 rings (SSSR count). The number of carboxylic acids is 1. The Morgan fingerprint density at radius 2 is 1.89 bits per heavy atom. The number of aromatic nitrogens is 2. The molecular weight excluding hydrogens is 608 g/mol. The van der Waals surface area contributed by atoms with Gasteiger partial charge in [-0.1, -0.05) is 29.3 Å². The summed E-state index contributed by atoms with van der Waals surface area (Å²) in [6, 6.07) is 8.12. The van der Waals surface area contributed by atoms with Crippen LogP contribution in [0, 0.1) is 19.7 Å². The smallest absolute Gasteiger partial charge is 0.337 e. The van der Waals surface area contributed by atoms with Crippen LogP contribution in [0.3, 0.4) is 0 Å². The Hall–Kier alpha value is -3.66. The maximum atomic E-state index is 15.6. The number of ether oxygens (including phenoxy) is 2. The first-order chi connectivity index (χ1) is 20.7. The van der Waals surface area contributed by atoms with Crippen molar-refractivity contribution in [3.05, 3.63) is 79.8 Å². The zero-order valence-electron chi connectivity index (χ0n) is 25.4. The largest absolute Gasteiger partial charge is 0.490 e. The first kappa shape index (κ1) is 31.8. The van der Waals surface area contributed by atoms with Crippen molar-refractivity contribution in [3.63, 3.8) is 0 Å². The molecule has 11 heteroatoms. The number of carbonyl (C=O) groups excluding carboxylic acids is 1. The molecule has 0 fully saturated rings. The minimum absolute atomic E-state index is 0.0824. The Morgan fingerprint density at radius 1 is 1.20 bits per heavy atom. The monoisotopic (exact) mass is 641 g/mol. The van der Waals surface area contributed by atoms with Gasteiger partial charge in [0, 0.05) is 57.0 Å². The van der Waals surface area contributed by atoms with Crippen LogP contribution in [0.5, 0.6) is 5.75 Å². The van der Waals surface area contributed by atoms with Crippen LogP contribution in [0.1, 0.15) is 71.7 Å². The third-order valence-corrected chi connectivity index (χ3v) is 8.49. The molecule has 1 aliphatic rings. The van der Waals surface area contributed by atoms with Crippen LogP contribution < -0.4 is 10.1 Å². The molecule has 1 aliphatic heterocycles. The molecular formula is C33H34Cl2FN3O5. The summed E-state index contributed by atoms with van der Waals surface area (Å²) in [5, 5.41) is 14.6. The molecule has 232 valence electrons. The normalized spacial score (nSPS) is 13.8. The number of carbonyl (C=O) groups is 2. The molecule has 1 amide bonds. The van der Waals surface area contributed by atoms with Gasteiger partial charge >= 0.3 is 5.97 Å². The van der Waals surface area contributed by atoms with E-state index >= 15 is 4.39 Å². The summed E-state index contributed by atoms with van der Waals surface area (Å²) in [5.41, 5.74) is 3.53. The summed E-state index contributed by atoms with van der Waals surface area (Å²) in [5.74, 6) is -1.96. The minimum atomic E-state index is -1.42. The number of pyridine rings is 1. The lowest BCUT2D eigenvalue weighted by atomic mass is 9.86. The zero-order valence-corrected chi connectivity index (χ0v) is 26.9. The van der Waals surface area contributed by atoms with E-state index in [0.717, 1.165) is 17.5 Å². The number of fused-ring (bicyclic) bond motifs is 2. The SMILES string of the molecule is Cc1nc2c(cc(C(=O)NCc3c(Cl)cccc3Cl)n2C)c(-c2cc(F)c3c(c2C)CCCO3)c1[C@H](OC(C)(C)C)C(=O)O. The van der Waals surface area contributed by atoms with E-state index < -0.39 is 29.4 Å². The van der Waals surface area contributed by atoms with Gasteiger partial charge in [0.15, 0.2) is 17.7 Å². The zero-order chi connectivity index (χ0) is 32.1.